The summed E-state index contributed by atoms with van der Waals surface area (Å²) in [4.78, 5) is 11.3. The third-order valence-corrected chi connectivity index (χ3v) is 8.84. The average Bonchev–Trinajstić information content (AvgIpc) is 2.90. The molecule has 0 amide bonds. The number of ether oxygens (including phenoxy) is 1. The highest BCUT2D eigenvalue weighted by Crippen LogP contribution is 2.66. The Balaban J connectivity index is 1.58. The number of allylic oxidation sites excluding steroid dienone is 4. The molecule has 0 bridgehead atoms. The fourth-order valence-corrected chi connectivity index (χ4v) is 7.61. The molecule has 0 heterocycles. The lowest BCUT2D eigenvalue weighted by Gasteiger charge is -2.58. The molecule has 4 aliphatic rings. The van der Waals surface area contributed by atoms with Crippen molar-refractivity contribution in [2.45, 2.75) is 85.5 Å². The molecule has 4 aliphatic carbocycles. The molecule has 0 aromatic heterocycles. The van der Waals surface area contributed by atoms with E-state index in [1.807, 2.05) is 6.92 Å². The van der Waals surface area contributed by atoms with Gasteiger partial charge in [-0.25, -0.2) is 0 Å². The van der Waals surface area contributed by atoms with Gasteiger partial charge in [0.15, 0.2) is 0 Å². The molecule has 0 unspecified atom stereocenters. The molecule has 0 saturated heterocycles. The van der Waals surface area contributed by atoms with Crippen molar-refractivity contribution in [3.8, 4) is 0 Å². The maximum absolute atomic E-state index is 11.3. The van der Waals surface area contributed by atoms with Crippen LogP contribution in [0.3, 0.4) is 0 Å². The van der Waals surface area contributed by atoms with Gasteiger partial charge in [0.2, 0.25) is 0 Å². The molecule has 0 N–H and O–H groups in total. The predicted molar refractivity (Wildman–Crippen MR) is 105 cm³/mol. The van der Waals surface area contributed by atoms with Gasteiger partial charge in [-0.15, -0.1) is 0 Å². The summed E-state index contributed by atoms with van der Waals surface area (Å²) in [6.45, 7) is 8.58. The zero-order chi connectivity index (χ0) is 18.5. The van der Waals surface area contributed by atoms with Crippen LogP contribution in [0.1, 0.15) is 85.5 Å². The van der Waals surface area contributed by atoms with E-state index in [9.17, 15) is 4.79 Å². The number of carbonyl (C=O) groups excluding carboxylic acids is 1. The number of hydrogen-bond acceptors (Lipinski definition) is 2. The molecule has 2 nitrogen and oxygen atoms in total. The van der Waals surface area contributed by atoms with E-state index >= 15 is 0 Å². The number of carbonyl (C=O) groups is 1. The van der Waals surface area contributed by atoms with Gasteiger partial charge in [0, 0.05) is 6.92 Å². The molecule has 0 aliphatic heterocycles. The average molecular weight is 357 g/mol. The first-order chi connectivity index (χ1) is 12.3. The van der Waals surface area contributed by atoms with Crippen molar-refractivity contribution in [2.75, 3.05) is 0 Å². The van der Waals surface area contributed by atoms with E-state index in [0.29, 0.717) is 16.7 Å². The Morgan fingerprint density at radius 2 is 1.92 bits per heavy atom. The minimum atomic E-state index is -0.195. The molecular formula is C24H36O2. The first-order valence-corrected chi connectivity index (χ1v) is 10.9. The molecular weight excluding hydrogens is 320 g/mol. The molecule has 0 radical (unpaired) electrons. The van der Waals surface area contributed by atoms with Crippen molar-refractivity contribution in [3.63, 3.8) is 0 Å². The van der Waals surface area contributed by atoms with E-state index < -0.39 is 0 Å². The molecule has 6 atom stereocenters. The van der Waals surface area contributed by atoms with E-state index in [2.05, 4.69) is 26.0 Å². The minimum Gasteiger partial charge on any atom is -0.432 e. The van der Waals surface area contributed by atoms with Crippen molar-refractivity contribution in [1.29, 1.82) is 0 Å². The first-order valence-electron chi connectivity index (χ1n) is 10.9. The van der Waals surface area contributed by atoms with E-state index in [0.717, 1.165) is 23.5 Å². The van der Waals surface area contributed by atoms with Gasteiger partial charge < -0.3 is 4.74 Å². The van der Waals surface area contributed by atoms with E-state index in [1.165, 1.54) is 64.7 Å². The summed E-state index contributed by atoms with van der Waals surface area (Å²) < 4.78 is 5.34. The topological polar surface area (TPSA) is 26.3 Å². The van der Waals surface area contributed by atoms with E-state index in [4.69, 9.17) is 4.74 Å². The molecule has 144 valence electrons. The third kappa shape index (κ3) is 2.79. The highest BCUT2D eigenvalue weighted by atomic mass is 16.5. The lowest BCUT2D eigenvalue weighted by Crippen LogP contribution is -2.49. The van der Waals surface area contributed by atoms with Gasteiger partial charge in [-0.2, -0.15) is 0 Å². The van der Waals surface area contributed by atoms with E-state index in [1.54, 1.807) is 5.57 Å². The van der Waals surface area contributed by atoms with Crippen LogP contribution in [-0.4, -0.2) is 5.97 Å². The van der Waals surface area contributed by atoms with Gasteiger partial charge in [0.1, 0.15) is 5.76 Å². The molecule has 3 saturated carbocycles. The van der Waals surface area contributed by atoms with Crippen molar-refractivity contribution < 1.29 is 9.53 Å². The maximum Gasteiger partial charge on any atom is 0.307 e. The summed E-state index contributed by atoms with van der Waals surface area (Å²) in [5.74, 6) is 3.84. The largest absolute Gasteiger partial charge is 0.432 e. The molecule has 0 aromatic carbocycles. The predicted octanol–water partition coefficient (Wildman–Crippen LogP) is 6.42. The summed E-state index contributed by atoms with van der Waals surface area (Å²) in [5, 5.41) is 0. The second-order valence-corrected chi connectivity index (χ2v) is 10.1. The highest BCUT2D eigenvalue weighted by Gasteiger charge is 2.58. The molecule has 26 heavy (non-hydrogen) atoms. The van der Waals surface area contributed by atoms with Gasteiger partial charge >= 0.3 is 5.97 Å². The summed E-state index contributed by atoms with van der Waals surface area (Å²) in [7, 11) is 0. The van der Waals surface area contributed by atoms with Crippen molar-refractivity contribution in [1.82, 2.24) is 0 Å². The Morgan fingerprint density at radius 3 is 2.69 bits per heavy atom. The van der Waals surface area contributed by atoms with Crippen molar-refractivity contribution in [3.05, 3.63) is 23.5 Å². The van der Waals surface area contributed by atoms with Crippen molar-refractivity contribution >= 4 is 5.97 Å². The Kier molecular flexibility index (Phi) is 4.60. The Morgan fingerprint density at radius 1 is 1.12 bits per heavy atom. The van der Waals surface area contributed by atoms with Crippen LogP contribution < -0.4 is 0 Å². The number of rotatable bonds is 2. The number of fused-ring (bicyclic) bond motifs is 5. The van der Waals surface area contributed by atoms with Gasteiger partial charge in [-0.05, 0) is 105 Å². The Hall–Kier alpha value is -1.05. The van der Waals surface area contributed by atoms with Crippen molar-refractivity contribution in [2.24, 2.45) is 34.5 Å². The number of esters is 1. The zero-order valence-corrected chi connectivity index (χ0v) is 17.1. The van der Waals surface area contributed by atoms with Crippen LogP contribution in [0.4, 0.5) is 0 Å². The SMILES string of the molecule is CC(=O)OC(C)=C[C@H]1CC[C@H]2[C@@H]3CCC4=CCCC[C@]4(C)[C@H]3CC[C@]12C. The van der Waals surface area contributed by atoms with Gasteiger partial charge in [0.25, 0.3) is 0 Å². The quantitative estimate of drug-likeness (QED) is 0.324. The summed E-state index contributed by atoms with van der Waals surface area (Å²) >= 11 is 0. The third-order valence-electron chi connectivity index (χ3n) is 8.84. The standard InChI is InChI=1S/C24H36O2/c1-16(26-17(2)25)15-19-9-11-21-20-10-8-18-7-5-6-13-23(18,3)22(20)12-14-24(19,21)4/h7,15,19-22H,5-6,8-14H2,1-4H3/t19-,20+,21+,22+,23+,24-/m1/s1. The van der Waals surface area contributed by atoms with Gasteiger partial charge in [0.05, 0.1) is 0 Å². The van der Waals surface area contributed by atoms with Crippen LogP contribution in [-0.2, 0) is 9.53 Å². The molecule has 0 spiro atoms. The molecule has 0 aromatic rings. The maximum atomic E-state index is 11.3. The summed E-state index contributed by atoms with van der Waals surface area (Å²) in [5.41, 5.74) is 2.69. The lowest BCUT2D eigenvalue weighted by atomic mass is 9.47. The molecule has 3 fully saturated rings. The lowest BCUT2D eigenvalue weighted by molar-refractivity contribution is -0.136. The van der Waals surface area contributed by atoms with Crippen LogP contribution in [0.25, 0.3) is 0 Å². The highest BCUT2D eigenvalue weighted by molar-refractivity contribution is 5.67. The fraction of sp³-hybridized carbons (Fsp3) is 0.792. The van der Waals surface area contributed by atoms with Gasteiger partial charge in [-0.3, -0.25) is 4.79 Å². The summed E-state index contributed by atoms with van der Waals surface area (Å²) in [6, 6.07) is 0. The Labute approximate surface area is 159 Å². The second-order valence-electron chi connectivity index (χ2n) is 10.1. The van der Waals surface area contributed by atoms with Crippen LogP contribution in [0.5, 0.6) is 0 Å². The monoisotopic (exact) mass is 356 g/mol. The zero-order valence-electron chi connectivity index (χ0n) is 17.1. The van der Waals surface area contributed by atoms with Crippen LogP contribution in [0, 0.1) is 34.5 Å². The first kappa shape index (κ1) is 18.3. The van der Waals surface area contributed by atoms with Crippen LogP contribution in [0.2, 0.25) is 0 Å². The van der Waals surface area contributed by atoms with E-state index in [-0.39, 0.29) is 5.97 Å². The summed E-state index contributed by atoms with van der Waals surface area (Å²) in [6.07, 6.45) is 17.1. The minimum absolute atomic E-state index is 0.195. The normalized spacial score (nSPS) is 45.2. The number of hydrogen-bond donors (Lipinski definition) is 0. The Bertz CT molecular complexity index is 645. The second kappa shape index (κ2) is 6.53. The smallest absolute Gasteiger partial charge is 0.307 e. The van der Waals surface area contributed by atoms with Crippen LogP contribution >= 0.6 is 0 Å². The fourth-order valence-electron chi connectivity index (χ4n) is 7.61. The van der Waals surface area contributed by atoms with Crippen LogP contribution in [0.15, 0.2) is 23.5 Å². The molecule has 2 heteroatoms. The van der Waals surface area contributed by atoms with Gasteiger partial charge in [-0.1, -0.05) is 25.5 Å². The molecule has 4 rings (SSSR count).